The number of para-hydroxylation sites is 1. The minimum Gasteiger partial charge on any atom is -0.325 e. The van der Waals surface area contributed by atoms with Gasteiger partial charge in [0.15, 0.2) is 5.16 Å². The third kappa shape index (κ3) is 4.84. The third-order valence-corrected chi connectivity index (χ3v) is 5.06. The molecule has 0 spiro atoms. The summed E-state index contributed by atoms with van der Waals surface area (Å²) >= 11 is 1.45. The monoisotopic (exact) mass is 346 g/mol. The van der Waals surface area contributed by atoms with Crippen LogP contribution in [0.3, 0.4) is 0 Å². The number of carbonyl (C=O) groups excluding carboxylic acids is 1. The Morgan fingerprint density at radius 3 is 2.67 bits per heavy atom. The van der Waals surface area contributed by atoms with Crippen molar-refractivity contribution in [1.82, 2.24) is 14.8 Å². The fourth-order valence-electron chi connectivity index (χ4n) is 2.47. The molecule has 130 valence electrons. The summed E-state index contributed by atoms with van der Waals surface area (Å²) in [5.74, 6) is -0.0134. The van der Waals surface area contributed by atoms with Crippen LogP contribution in [0, 0.1) is 13.8 Å². The topological polar surface area (TPSA) is 59.8 Å². The summed E-state index contributed by atoms with van der Waals surface area (Å²) in [6, 6.07) is 6.01. The van der Waals surface area contributed by atoms with Crippen molar-refractivity contribution in [1.29, 1.82) is 0 Å². The number of aromatic nitrogens is 3. The lowest BCUT2D eigenvalue weighted by molar-refractivity contribution is -0.115. The highest BCUT2D eigenvalue weighted by Crippen LogP contribution is 2.25. The molecule has 0 aliphatic heterocycles. The molecule has 1 atom stereocenters. The Morgan fingerprint density at radius 2 is 2.00 bits per heavy atom. The zero-order valence-corrected chi connectivity index (χ0v) is 15.7. The predicted molar refractivity (Wildman–Crippen MR) is 99.4 cm³/mol. The molecule has 1 aromatic carbocycles. The summed E-state index contributed by atoms with van der Waals surface area (Å²) in [5.41, 5.74) is 3.05. The van der Waals surface area contributed by atoms with E-state index in [1.54, 1.807) is 6.33 Å². The Bertz CT molecular complexity index is 663. The predicted octanol–water partition coefficient (Wildman–Crippen LogP) is 4.20. The van der Waals surface area contributed by atoms with E-state index >= 15 is 0 Å². The van der Waals surface area contributed by atoms with Gasteiger partial charge in [0.05, 0.1) is 5.25 Å². The summed E-state index contributed by atoms with van der Waals surface area (Å²) < 4.78 is 2.03. The van der Waals surface area contributed by atoms with Crippen molar-refractivity contribution >= 4 is 23.4 Å². The van der Waals surface area contributed by atoms with Crippen molar-refractivity contribution in [3.8, 4) is 0 Å². The number of unbranched alkanes of at least 4 members (excludes halogenated alkanes) is 2. The van der Waals surface area contributed by atoms with Gasteiger partial charge >= 0.3 is 0 Å². The van der Waals surface area contributed by atoms with E-state index in [1.807, 2.05) is 43.5 Å². The van der Waals surface area contributed by atoms with Gasteiger partial charge in [0.25, 0.3) is 0 Å². The van der Waals surface area contributed by atoms with Crippen LogP contribution >= 0.6 is 11.8 Å². The standard InChI is InChI=1S/C18H26N4OS/c1-5-6-7-11-22-12-19-21-18(22)24-15(4)17(23)20-16-13(2)9-8-10-14(16)3/h8-10,12,15H,5-7,11H2,1-4H3,(H,20,23)/t15-/m1/s1. The minimum atomic E-state index is -0.238. The number of thioether (sulfide) groups is 1. The van der Waals surface area contributed by atoms with Gasteiger partial charge in [0, 0.05) is 12.2 Å². The Balaban J connectivity index is 1.98. The van der Waals surface area contributed by atoms with Crippen LogP contribution in [0.2, 0.25) is 0 Å². The first-order valence-electron chi connectivity index (χ1n) is 8.44. The molecule has 1 amide bonds. The smallest absolute Gasteiger partial charge is 0.237 e. The molecule has 0 aliphatic rings. The second kappa shape index (κ2) is 8.87. The minimum absolute atomic E-state index is 0.0134. The first-order valence-corrected chi connectivity index (χ1v) is 9.32. The van der Waals surface area contributed by atoms with Gasteiger partial charge in [-0.2, -0.15) is 0 Å². The van der Waals surface area contributed by atoms with Crippen LogP contribution in [0.15, 0.2) is 29.7 Å². The fourth-order valence-corrected chi connectivity index (χ4v) is 3.32. The molecule has 1 N–H and O–H groups in total. The molecule has 2 aromatic rings. The van der Waals surface area contributed by atoms with Crippen LogP contribution in [0.4, 0.5) is 5.69 Å². The van der Waals surface area contributed by atoms with Crippen LogP contribution in [-0.4, -0.2) is 25.9 Å². The van der Waals surface area contributed by atoms with Gasteiger partial charge in [-0.15, -0.1) is 10.2 Å². The molecular weight excluding hydrogens is 320 g/mol. The Hall–Kier alpha value is -1.82. The number of nitrogens with zero attached hydrogens (tertiary/aromatic N) is 3. The highest BCUT2D eigenvalue weighted by Gasteiger charge is 2.19. The molecule has 24 heavy (non-hydrogen) atoms. The molecule has 1 aromatic heterocycles. The maximum Gasteiger partial charge on any atom is 0.237 e. The lowest BCUT2D eigenvalue weighted by Crippen LogP contribution is -2.23. The van der Waals surface area contributed by atoms with Crippen molar-refractivity contribution in [3.05, 3.63) is 35.7 Å². The van der Waals surface area contributed by atoms with Crippen molar-refractivity contribution in [2.45, 2.75) is 63.9 Å². The van der Waals surface area contributed by atoms with Crippen molar-refractivity contribution < 1.29 is 4.79 Å². The van der Waals surface area contributed by atoms with Gasteiger partial charge < -0.3 is 9.88 Å². The maximum absolute atomic E-state index is 12.5. The highest BCUT2D eigenvalue weighted by molar-refractivity contribution is 8.00. The molecule has 0 saturated heterocycles. The van der Waals surface area contributed by atoms with E-state index in [-0.39, 0.29) is 11.2 Å². The molecule has 1 heterocycles. The summed E-state index contributed by atoms with van der Waals surface area (Å²) in [6.07, 6.45) is 5.21. The summed E-state index contributed by atoms with van der Waals surface area (Å²) in [4.78, 5) is 12.5. The van der Waals surface area contributed by atoms with E-state index in [4.69, 9.17) is 0 Å². The SMILES string of the molecule is CCCCCn1cnnc1S[C@H](C)C(=O)Nc1c(C)cccc1C. The molecule has 0 unspecified atom stereocenters. The van der Waals surface area contributed by atoms with Crippen LogP contribution in [0.1, 0.15) is 44.2 Å². The van der Waals surface area contributed by atoms with E-state index in [1.165, 1.54) is 24.6 Å². The summed E-state index contributed by atoms with van der Waals surface area (Å²) in [5, 5.41) is 11.7. The summed E-state index contributed by atoms with van der Waals surface area (Å²) in [7, 11) is 0. The first kappa shape index (κ1) is 18.5. The second-order valence-electron chi connectivity index (χ2n) is 6.03. The molecule has 0 saturated carbocycles. The summed E-state index contributed by atoms with van der Waals surface area (Å²) in [6.45, 7) is 8.99. The normalized spacial score (nSPS) is 12.2. The number of hydrogen-bond acceptors (Lipinski definition) is 4. The van der Waals surface area contributed by atoms with Gasteiger partial charge in [-0.05, 0) is 38.3 Å². The zero-order chi connectivity index (χ0) is 17.5. The van der Waals surface area contributed by atoms with E-state index in [2.05, 4.69) is 22.4 Å². The number of nitrogens with one attached hydrogen (secondary N) is 1. The molecular formula is C18H26N4OS. The number of hydrogen-bond donors (Lipinski definition) is 1. The number of rotatable bonds is 8. The number of benzene rings is 1. The second-order valence-corrected chi connectivity index (χ2v) is 7.34. The molecule has 0 bridgehead atoms. The van der Waals surface area contributed by atoms with Crippen LogP contribution < -0.4 is 5.32 Å². The van der Waals surface area contributed by atoms with Gasteiger partial charge in [0.1, 0.15) is 6.33 Å². The van der Waals surface area contributed by atoms with Crippen LogP contribution in [0.25, 0.3) is 0 Å². The van der Waals surface area contributed by atoms with Gasteiger partial charge in [0.2, 0.25) is 5.91 Å². The van der Waals surface area contributed by atoms with Gasteiger partial charge in [-0.3, -0.25) is 4.79 Å². The van der Waals surface area contributed by atoms with Crippen molar-refractivity contribution in [2.24, 2.45) is 0 Å². The average molecular weight is 347 g/mol. The van der Waals surface area contributed by atoms with E-state index in [9.17, 15) is 4.79 Å². The largest absolute Gasteiger partial charge is 0.325 e. The molecule has 6 heteroatoms. The lowest BCUT2D eigenvalue weighted by atomic mass is 10.1. The van der Waals surface area contributed by atoms with Gasteiger partial charge in [-0.25, -0.2) is 0 Å². The third-order valence-electron chi connectivity index (χ3n) is 3.96. The lowest BCUT2D eigenvalue weighted by Gasteiger charge is -2.15. The Morgan fingerprint density at radius 1 is 1.29 bits per heavy atom. The van der Waals surface area contributed by atoms with E-state index in [0.29, 0.717) is 0 Å². The van der Waals surface area contributed by atoms with E-state index in [0.717, 1.165) is 34.9 Å². The number of amides is 1. The first-order chi connectivity index (χ1) is 11.5. The highest BCUT2D eigenvalue weighted by atomic mass is 32.2. The van der Waals surface area contributed by atoms with E-state index < -0.39 is 0 Å². The van der Waals surface area contributed by atoms with Crippen LogP contribution in [-0.2, 0) is 11.3 Å². The Labute approximate surface area is 148 Å². The molecule has 0 aliphatic carbocycles. The average Bonchev–Trinajstić information content (AvgIpc) is 2.98. The molecule has 5 nitrogen and oxygen atoms in total. The molecule has 0 fully saturated rings. The number of anilines is 1. The van der Waals surface area contributed by atoms with Gasteiger partial charge in [-0.1, -0.05) is 49.7 Å². The zero-order valence-electron chi connectivity index (χ0n) is 14.9. The van der Waals surface area contributed by atoms with Crippen LogP contribution in [0.5, 0.6) is 0 Å². The molecule has 0 radical (unpaired) electrons. The number of aryl methyl sites for hydroxylation is 3. The fraction of sp³-hybridized carbons (Fsp3) is 0.500. The van der Waals surface area contributed by atoms with Crippen molar-refractivity contribution in [3.63, 3.8) is 0 Å². The molecule has 2 rings (SSSR count). The maximum atomic E-state index is 12.5. The van der Waals surface area contributed by atoms with Crippen molar-refractivity contribution in [2.75, 3.05) is 5.32 Å². The number of carbonyl (C=O) groups is 1. The Kier molecular flexibility index (Phi) is 6.85. The quantitative estimate of drug-likeness (QED) is 0.575.